The number of anilines is 1. The molecule has 2 aromatic heterocycles. The molecule has 2 aliphatic heterocycles. The van der Waals surface area contributed by atoms with E-state index in [0.29, 0.717) is 6.04 Å². The van der Waals surface area contributed by atoms with E-state index in [2.05, 4.69) is 40.4 Å². The van der Waals surface area contributed by atoms with E-state index in [4.69, 9.17) is 4.74 Å². The van der Waals surface area contributed by atoms with Gasteiger partial charge in [0.05, 0.1) is 18.8 Å². The van der Waals surface area contributed by atoms with Crippen LogP contribution in [-0.4, -0.2) is 79.6 Å². The molecule has 0 aliphatic carbocycles. The van der Waals surface area contributed by atoms with Crippen molar-refractivity contribution in [3.63, 3.8) is 0 Å². The Morgan fingerprint density at radius 2 is 1.88 bits per heavy atom. The first-order chi connectivity index (χ1) is 12.1. The van der Waals surface area contributed by atoms with E-state index in [1.54, 1.807) is 0 Å². The Bertz CT molecular complexity index is 764. The Balaban J connectivity index is 1.59. The van der Waals surface area contributed by atoms with Gasteiger partial charge in [-0.1, -0.05) is 0 Å². The summed E-state index contributed by atoms with van der Waals surface area (Å²) in [6.45, 7) is 4.94. The first-order valence-corrected chi connectivity index (χ1v) is 9.03. The Morgan fingerprint density at radius 1 is 1.12 bits per heavy atom. The number of hydrogen-bond acceptors (Lipinski definition) is 4. The lowest BCUT2D eigenvalue weighted by atomic mass is 10.2. The summed E-state index contributed by atoms with van der Waals surface area (Å²) in [6, 6.07) is 8.69. The third-order valence-corrected chi connectivity index (χ3v) is 5.39. The highest BCUT2D eigenvalue weighted by Crippen LogP contribution is 2.23. The normalized spacial score (nSPS) is 21.5. The Labute approximate surface area is 148 Å². The number of amides is 1. The topological polar surface area (TPSA) is 40.4 Å². The van der Waals surface area contributed by atoms with Crippen molar-refractivity contribution in [1.29, 1.82) is 0 Å². The molecule has 134 valence electrons. The monoisotopic (exact) mass is 342 g/mol. The molecule has 0 radical (unpaired) electrons. The molecule has 0 saturated carbocycles. The number of carbonyl (C=O) groups excluding carboxylic acids is 1. The number of nitrogens with zero attached hydrogens (tertiary/aromatic N) is 4. The fraction of sp³-hybridized carbons (Fsp3) is 0.526. The largest absolute Gasteiger partial charge is 0.378 e. The van der Waals surface area contributed by atoms with Crippen LogP contribution in [0.1, 0.15) is 16.8 Å². The molecule has 1 unspecified atom stereocenters. The molecule has 0 aromatic carbocycles. The summed E-state index contributed by atoms with van der Waals surface area (Å²) in [4.78, 5) is 19.4. The van der Waals surface area contributed by atoms with Crippen molar-refractivity contribution in [2.24, 2.45) is 0 Å². The van der Waals surface area contributed by atoms with Crippen molar-refractivity contribution in [3.8, 4) is 0 Å². The molecule has 1 atom stereocenters. The average Bonchev–Trinajstić information content (AvgIpc) is 3.28. The van der Waals surface area contributed by atoms with Gasteiger partial charge in [-0.05, 0) is 44.8 Å². The highest BCUT2D eigenvalue weighted by Gasteiger charge is 2.28. The molecule has 0 N–H and O–H groups in total. The molecule has 2 aromatic rings. The molecule has 2 fully saturated rings. The van der Waals surface area contributed by atoms with Gasteiger partial charge in [0, 0.05) is 43.9 Å². The summed E-state index contributed by atoms with van der Waals surface area (Å²) in [7, 11) is 4.16. The number of rotatable bonds is 3. The minimum atomic E-state index is 0.132. The summed E-state index contributed by atoms with van der Waals surface area (Å²) in [5, 5.41) is 0. The lowest BCUT2D eigenvalue weighted by molar-refractivity contribution is 0.0782. The van der Waals surface area contributed by atoms with Crippen LogP contribution in [0.25, 0.3) is 5.52 Å². The van der Waals surface area contributed by atoms with E-state index in [9.17, 15) is 4.79 Å². The molecule has 4 rings (SSSR count). The minimum Gasteiger partial charge on any atom is -0.378 e. The van der Waals surface area contributed by atoms with Gasteiger partial charge in [0.2, 0.25) is 0 Å². The number of likely N-dealkylation sites (N-methyl/N-ethyl adjacent to an activating group) is 1. The highest BCUT2D eigenvalue weighted by atomic mass is 16.5. The van der Waals surface area contributed by atoms with Crippen molar-refractivity contribution in [1.82, 2.24) is 14.2 Å². The SMILES string of the molecule is CN(C)C1CCN(C(=O)c2ccc3ccc(N4CCOCC4)n3c2)C1. The van der Waals surface area contributed by atoms with Crippen molar-refractivity contribution in [2.75, 3.05) is 58.4 Å². The molecule has 0 spiro atoms. The quantitative estimate of drug-likeness (QED) is 0.849. The van der Waals surface area contributed by atoms with Crippen LogP contribution in [0.3, 0.4) is 0 Å². The summed E-state index contributed by atoms with van der Waals surface area (Å²) in [5.41, 5.74) is 1.88. The lowest BCUT2D eigenvalue weighted by Gasteiger charge is -2.28. The third kappa shape index (κ3) is 3.12. The van der Waals surface area contributed by atoms with Crippen molar-refractivity contribution in [2.45, 2.75) is 12.5 Å². The standard InChI is InChI=1S/C19H26N4O2/c1-20(2)17-7-8-22(14-17)19(24)15-3-4-16-5-6-18(23(16)13-15)21-9-11-25-12-10-21/h3-6,13,17H,7-12,14H2,1-2H3. The van der Waals surface area contributed by atoms with E-state index in [1.165, 1.54) is 0 Å². The minimum absolute atomic E-state index is 0.132. The van der Waals surface area contributed by atoms with Crippen LogP contribution in [0.2, 0.25) is 0 Å². The number of carbonyl (C=O) groups is 1. The third-order valence-electron chi connectivity index (χ3n) is 5.39. The predicted molar refractivity (Wildman–Crippen MR) is 98.4 cm³/mol. The number of aromatic nitrogens is 1. The zero-order chi connectivity index (χ0) is 17.4. The Kier molecular flexibility index (Phi) is 4.39. The van der Waals surface area contributed by atoms with E-state index in [-0.39, 0.29) is 5.91 Å². The molecular formula is C19H26N4O2. The van der Waals surface area contributed by atoms with Gasteiger partial charge in [0.25, 0.3) is 5.91 Å². The maximum atomic E-state index is 12.9. The maximum absolute atomic E-state index is 12.9. The lowest BCUT2D eigenvalue weighted by Crippen LogP contribution is -2.37. The summed E-state index contributed by atoms with van der Waals surface area (Å²) in [5.74, 6) is 1.27. The van der Waals surface area contributed by atoms with Crippen LogP contribution in [-0.2, 0) is 4.74 Å². The van der Waals surface area contributed by atoms with Gasteiger partial charge >= 0.3 is 0 Å². The van der Waals surface area contributed by atoms with Crippen LogP contribution in [0.4, 0.5) is 5.82 Å². The van der Waals surface area contributed by atoms with Gasteiger partial charge in [0.15, 0.2) is 0 Å². The van der Waals surface area contributed by atoms with Gasteiger partial charge in [0.1, 0.15) is 5.82 Å². The van der Waals surface area contributed by atoms with Crippen LogP contribution < -0.4 is 4.90 Å². The fourth-order valence-corrected chi connectivity index (χ4v) is 3.79. The van der Waals surface area contributed by atoms with E-state index in [1.807, 2.05) is 23.2 Å². The maximum Gasteiger partial charge on any atom is 0.255 e. The number of fused-ring (bicyclic) bond motifs is 1. The van der Waals surface area contributed by atoms with E-state index >= 15 is 0 Å². The first kappa shape index (κ1) is 16.4. The van der Waals surface area contributed by atoms with Gasteiger partial charge < -0.3 is 23.8 Å². The second kappa shape index (κ2) is 6.69. The summed E-state index contributed by atoms with van der Waals surface area (Å²) < 4.78 is 7.59. The summed E-state index contributed by atoms with van der Waals surface area (Å²) in [6.07, 6.45) is 3.04. The molecule has 2 aliphatic rings. The molecule has 2 saturated heterocycles. The van der Waals surface area contributed by atoms with Gasteiger partial charge in [-0.2, -0.15) is 0 Å². The van der Waals surface area contributed by atoms with Crippen LogP contribution in [0, 0.1) is 0 Å². The second-order valence-electron chi connectivity index (χ2n) is 7.16. The van der Waals surface area contributed by atoms with Crippen molar-refractivity contribution >= 4 is 17.2 Å². The Hall–Kier alpha value is -2.05. The predicted octanol–water partition coefficient (Wildman–Crippen LogP) is 1.55. The van der Waals surface area contributed by atoms with Gasteiger partial charge in [-0.3, -0.25) is 4.79 Å². The zero-order valence-electron chi connectivity index (χ0n) is 15.0. The van der Waals surface area contributed by atoms with Crippen LogP contribution in [0.5, 0.6) is 0 Å². The first-order valence-electron chi connectivity index (χ1n) is 9.03. The number of pyridine rings is 1. The van der Waals surface area contributed by atoms with Crippen LogP contribution >= 0.6 is 0 Å². The second-order valence-corrected chi connectivity index (χ2v) is 7.16. The van der Waals surface area contributed by atoms with E-state index < -0.39 is 0 Å². The summed E-state index contributed by atoms with van der Waals surface area (Å²) >= 11 is 0. The molecule has 4 heterocycles. The van der Waals surface area contributed by atoms with Crippen molar-refractivity contribution in [3.05, 3.63) is 36.0 Å². The average molecular weight is 342 g/mol. The smallest absolute Gasteiger partial charge is 0.255 e. The molecule has 1 amide bonds. The van der Waals surface area contributed by atoms with Gasteiger partial charge in [-0.25, -0.2) is 0 Å². The molecule has 6 nitrogen and oxygen atoms in total. The molecule has 6 heteroatoms. The van der Waals surface area contributed by atoms with E-state index in [0.717, 1.165) is 62.7 Å². The zero-order valence-corrected chi connectivity index (χ0v) is 15.0. The number of morpholine rings is 1. The number of ether oxygens (including phenoxy) is 1. The molecular weight excluding hydrogens is 316 g/mol. The highest BCUT2D eigenvalue weighted by molar-refractivity contribution is 5.94. The molecule has 0 bridgehead atoms. The molecule has 25 heavy (non-hydrogen) atoms. The number of hydrogen-bond donors (Lipinski definition) is 0. The Morgan fingerprint density at radius 3 is 2.60 bits per heavy atom. The fourth-order valence-electron chi connectivity index (χ4n) is 3.79. The van der Waals surface area contributed by atoms with Crippen LogP contribution in [0.15, 0.2) is 30.5 Å². The van der Waals surface area contributed by atoms with Crippen molar-refractivity contribution < 1.29 is 9.53 Å². The number of likely N-dealkylation sites (tertiary alicyclic amines) is 1. The van der Waals surface area contributed by atoms with Gasteiger partial charge in [-0.15, -0.1) is 0 Å².